The zero-order valence-corrected chi connectivity index (χ0v) is 15.9. The second-order valence-corrected chi connectivity index (χ2v) is 6.64. The maximum absolute atomic E-state index is 12.3. The highest BCUT2D eigenvalue weighted by Gasteiger charge is 2.14. The Bertz CT molecular complexity index is 913. The lowest BCUT2D eigenvalue weighted by molar-refractivity contribution is 0.102. The molecule has 0 atom stereocenters. The van der Waals surface area contributed by atoms with Crippen molar-refractivity contribution in [1.82, 2.24) is 24.6 Å². The number of Topliss-reactive ketones (excluding diaryl/α,β-unsaturated/α-hetero) is 1. The first-order chi connectivity index (χ1) is 12.6. The van der Waals surface area contributed by atoms with Crippen LogP contribution in [0, 0.1) is 0 Å². The molecule has 0 aliphatic carbocycles. The van der Waals surface area contributed by atoms with E-state index in [0.29, 0.717) is 46.5 Å². The van der Waals surface area contributed by atoms with Gasteiger partial charge in [-0.2, -0.15) is 19.5 Å². The van der Waals surface area contributed by atoms with E-state index >= 15 is 0 Å². The summed E-state index contributed by atoms with van der Waals surface area (Å²) in [7, 11) is 0. The van der Waals surface area contributed by atoms with Gasteiger partial charge in [0.05, 0.1) is 5.75 Å². The fourth-order valence-corrected chi connectivity index (χ4v) is 3.03. The fourth-order valence-electron chi connectivity index (χ4n) is 2.19. The molecular weight excluding hydrogens is 374 g/mol. The van der Waals surface area contributed by atoms with Crippen molar-refractivity contribution in [1.29, 1.82) is 0 Å². The number of rotatable bonds is 8. The first kappa shape index (κ1) is 18.4. The standard InChI is InChI=1S/C16H18ClN7OS/c1-3-18-13-20-14(19-4-2)24-15(21-13)22-16(23-24)26-9-12(25)10-5-7-11(17)8-6-10/h5-8H,3-4,9H2,1-2H3,(H2,18,19,20,21,22,23). The Morgan fingerprint density at radius 3 is 2.54 bits per heavy atom. The number of ketones is 1. The molecule has 0 radical (unpaired) electrons. The first-order valence-electron chi connectivity index (χ1n) is 8.14. The minimum atomic E-state index is -0.0168. The van der Waals surface area contributed by atoms with Crippen molar-refractivity contribution in [2.75, 3.05) is 29.5 Å². The number of carbonyl (C=O) groups excluding carboxylic acids is 1. The van der Waals surface area contributed by atoms with Gasteiger partial charge in [0.1, 0.15) is 0 Å². The molecule has 2 N–H and O–H groups in total. The quantitative estimate of drug-likeness (QED) is 0.446. The van der Waals surface area contributed by atoms with Gasteiger partial charge in [-0.3, -0.25) is 4.79 Å². The van der Waals surface area contributed by atoms with Crippen molar-refractivity contribution < 1.29 is 4.79 Å². The summed E-state index contributed by atoms with van der Waals surface area (Å²) in [4.78, 5) is 25.4. The van der Waals surface area contributed by atoms with Gasteiger partial charge in [-0.25, -0.2) is 0 Å². The lowest BCUT2D eigenvalue weighted by Gasteiger charge is -2.06. The molecule has 8 nitrogen and oxygen atoms in total. The maximum Gasteiger partial charge on any atom is 0.259 e. The lowest BCUT2D eigenvalue weighted by atomic mass is 10.1. The molecule has 0 bridgehead atoms. The number of nitrogens with zero attached hydrogens (tertiary/aromatic N) is 5. The van der Waals surface area contributed by atoms with Crippen LogP contribution in [0.5, 0.6) is 0 Å². The van der Waals surface area contributed by atoms with Crippen LogP contribution >= 0.6 is 23.4 Å². The third kappa shape index (κ3) is 4.23. The summed E-state index contributed by atoms with van der Waals surface area (Å²) in [5.41, 5.74) is 0.605. The average Bonchev–Trinajstić information content (AvgIpc) is 3.04. The number of fused-ring (bicyclic) bond motifs is 1. The molecule has 1 aromatic carbocycles. The number of aromatic nitrogens is 5. The van der Waals surface area contributed by atoms with Crippen LogP contribution in [0.4, 0.5) is 11.9 Å². The van der Waals surface area contributed by atoms with Crippen molar-refractivity contribution in [2.45, 2.75) is 19.0 Å². The summed E-state index contributed by atoms with van der Waals surface area (Å²) in [6, 6.07) is 6.81. The van der Waals surface area contributed by atoms with Crippen molar-refractivity contribution >= 4 is 46.8 Å². The van der Waals surface area contributed by atoms with E-state index in [1.54, 1.807) is 28.8 Å². The van der Waals surface area contributed by atoms with Crippen LogP contribution in [0.15, 0.2) is 29.4 Å². The van der Waals surface area contributed by atoms with Crippen molar-refractivity contribution in [3.05, 3.63) is 34.9 Å². The Kier molecular flexibility index (Phi) is 5.89. The van der Waals surface area contributed by atoms with Crippen molar-refractivity contribution in [2.24, 2.45) is 0 Å². The van der Waals surface area contributed by atoms with Crippen LogP contribution in [-0.2, 0) is 0 Å². The monoisotopic (exact) mass is 391 g/mol. The predicted octanol–water partition coefficient (Wildman–Crippen LogP) is 3.01. The predicted molar refractivity (Wildman–Crippen MR) is 103 cm³/mol. The number of hydrogen-bond donors (Lipinski definition) is 2. The second kappa shape index (κ2) is 8.33. The minimum Gasteiger partial charge on any atom is -0.354 e. The smallest absolute Gasteiger partial charge is 0.259 e. The molecular formula is C16H18ClN7OS. The van der Waals surface area contributed by atoms with Gasteiger partial charge in [-0.1, -0.05) is 23.4 Å². The summed E-state index contributed by atoms with van der Waals surface area (Å²) in [6.45, 7) is 5.33. The van der Waals surface area contributed by atoms with Gasteiger partial charge in [0.25, 0.3) is 5.78 Å². The van der Waals surface area contributed by atoms with E-state index < -0.39 is 0 Å². The van der Waals surface area contributed by atoms with Crippen LogP contribution in [0.25, 0.3) is 5.78 Å². The molecule has 0 amide bonds. The van der Waals surface area contributed by atoms with Crippen molar-refractivity contribution in [3.63, 3.8) is 0 Å². The van der Waals surface area contributed by atoms with Gasteiger partial charge in [0.15, 0.2) is 5.78 Å². The number of anilines is 2. The Morgan fingerprint density at radius 1 is 1.12 bits per heavy atom. The van der Waals surface area contributed by atoms with Crippen molar-refractivity contribution in [3.8, 4) is 0 Å². The molecule has 2 heterocycles. The normalized spacial score (nSPS) is 10.9. The number of nitrogens with one attached hydrogen (secondary N) is 2. The minimum absolute atomic E-state index is 0.0168. The zero-order valence-electron chi connectivity index (χ0n) is 14.4. The largest absolute Gasteiger partial charge is 0.354 e. The molecule has 26 heavy (non-hydrogen) atoms. The van der Waals surface area contributed by atoms with Gasteiger partial charge in [-0.05, 0) is 38.1 Å². The zero-order chi connectivity index (χ0) is 18.5. The van der Waals surface area contributed by atoms with Crippen LogP contribution < -0.4 is 10.6 Å². The van der Waals surface area contributed by atoms with Crippen LogP contribution in [-0.4, -0.2) is 49.2 Å². The highest BCUT2D eigenvalue weighted by Crippen LogP contribution is 2.19. The van der Waals surface area contributed by atoms with Crippen LogP contribution in [0.3, 0.4) is 0 Å². The number of hydrogen-bond acceptors (Lipinski definition) is 8. The molecule has 0 aliphatic rings. The van der Waals surface area contributed by atoms with Gasteiger partial charge in [0, 0.05) is 23.7 Å². The maximum atomic E-state index is 12.3. The number of thioether (sulfide) groups is 1. The Morgan fingerprint density at radius 2 is 1.85 bits per heavy atom. The van der Waals surface area contributed by atoms with Gasteiger partial charge in [0.2, 0.25) is 17.1 Å². The molecule has 0 aliphatic heterocycles. The molecule has 0 saturated carbocycles. The average molecular weight is 392 g/mol. The third-order valence-electron chi connectivity index (χ3n) is 3.36. The second-order valence-electron chi connectivity index (χ2n) is 5.26. The SMILES string of the molecule is CCNc1nc(NCC)n2nc(SCC(=O)c3ccc(Cl)cc3)nc2n1. The molecule has 0 saturated heterocycles. The van der Waals surface area contributed by atoms with Crippen LogP contribution in [0.1, 0.15) is 24.2 Å². The Hall–Kier alpha value is -2.39. The van der Waals surface area contributed by atoms with Gasteiger partial charge < -0.3 is 10.6 Å². The summed E-state index contributed by atoms with van der Waals surface area (Å²) >= 11 is 7.10. The molecule has 0 fully saturated rings. The summed E-state index contributed by atoms with van der Waals surface area (Å²) in [5, 5.41) is 11.7. The fraction of sp³-hybridized carbons (Fsp3) is 0.312. The Labute approximate surface area is 159 Å². The Balaban J connectivity index is 1.78. The summed E-state index contributed by atoms with van der Waals surface area (Å²) < 4.78 is 1.54. The van der Waals surface area contributed by atoms with E-state index in [4.69, 9.17) is 11.6 Å². The van der Waals surface area contributed by atoms with E-state index in [-0.39, 0.29) is 11.5 Å². The first-order valence-corrected chi connectivity index (χ1v) is 9.51. The van der Waals surface area contributed by atoms with Gasteiger partial charge in [-0.15, -0.1) is 5.10 Å². The van der Waals surface area contributed by atoms with Crippen LogP contribution in [0.2, 0.25) is 5.02 Å². The summed E-state index contributed by atoms with van der Waals surface area (Å²) in [5.74, 6) is 1.67. The number of halogens is 1. The molecule has 136 valence electrons. The van der Waals surface area contributed by atoms with E-state index in [9.17, 15) is 4.79 Å². The molecule has 0 unspecified atom stereocenters. The van der Waals surface area contributed by atoms with E-state index in [1.165, 1.54) is 11.8 Å². The highest BCUT2D eigenvalue weighted by atomic mass is 35.5. The van der Waals surface area contributed by atoms with Gasteiger partial charge >= 0.3 is 0 Å². The number of carbonyl (C=O) groups is 1. The molecule has 3 rings (SSSR count). The molecule has 10 heteroatoms. The highest BCUT2D eigenvalue weighted by molar-refractivity contribution is 7.99. The van der Waals surface area contributed by atoms with E-state index in [0.717, 1.165) is 0 Å². The molecule has 3 aromatic rings. The molecule has 2 aromatic heterocycles. The molecule has 0 spiro atoms. The summed E-state index contributed by atoms with van der Waals surface area (Å²) in [6.07, 6.45) is 0. The lowest BCUT2D eigenvalue weighted by Crippen LogP contribution is -2.11. The van der Waals surface area contributed by atoms with E-state index in [2.05, 4.69) is 30.7 Å². The third-order valence-corrected chi connectivity index (χ3v) is 4.45. The topological polar surface area (TPSA) is 97.1 Å². The van der Waals surface area contributed by atoms with E-state index in [1.807, 2.05) is 13.8 Å². The number of benzene rings is 1.